The Bertz CT molecular complexity index is 652. The van der Waals surface area contributed by atoms with Gasteiger partial charge in [-0.05, 0) is 30.2 Å². The van der Waals surface area contributed by atoms with E-state index in [1.165, 1.54) is 4.57 Å². The van der Waals surface area contributed by atoms with E-state index in [4.69, 9.17) is 5.11 Å². The Hall–Kier alpha value is -2.30. The van der Waals surface area contributed by atoms with Gasteiger partial charge in [0.15, 0.2) is 0 Å². The molecule has 2 rings (SSSR count). The van der Waals surface area contributed by atoms with Crippen LogP contribution in [-0.4, -0.2) is 20.2 Å². The number of nitrogens with zero attached hydrogens (tertiary/aromatic N) is 2. The summed E-state index contributed by atoms with van der Waals surface area (Å²) < 4.78 is 3.09. The Morgan fingerprint density at radius 2 is 2.06 bits per heavy atom. The van der Waals surface area contributed by atoms with Crippen molar-refractivity contribution in [1.82, 2.24) is 9.13 Å². The number of aromatic carboxylic acids is 1. The van der Waals surface area contributed by atoms with Crippen molar-refractivity contribution in [3.05, 3.63) is 57.8 Å². The van der Waals surface area contributed by atoms with E-state index in [0.717, 1.165) is 11.1 Å². The topological polar surface area (TPSA) is 64.2 Å². The van der Waals surface area contributed by atoms with Gasteiger partial charge in [-0.2, -0.15) is 0 Å². The second kappa shape index (κ2) is 4.52. The predicted octanol–water partition coefficient (Wildman–Crippen LogP) is 1.24. The summed E-state index contributed by atoms with van der Waals surface area (Å²) in [5, 5.41) is 8.88. The van der Waals surface area contributed by atoms with E-state index in [9.17, 15) is 9.59 Å². The van der Waals surface area contributed by atoms with Crippen molar-refractivity contribution in [2.24, 2.45) is 7.05 Å². The molecule has 0 fully saturated rings. The van der Waals surface area contributed by atoms with Crippen LogP contribution in [0.4, 0.5) is 0 Å². The molecule has 0 saturated heterocycles. The van der Waals surface area contributed by atoms with Crippen LogP contribution in [0.25, 0.3) is 0 Å². The molecule has 0 atom stereocenters. The molecule has 1 aromatic heterocycles. The molecule has 0 bridgehead atoms. The van der Waals surface area contributed by atoms with Gasteiger partial charge in [-0.3, -0.25) is 4.57 Å². The van der Waals surface area contributed by atoms with Gasteiger partial charge < -0.3 is 9.67 Å². The average molecular weight is 246 g/mol. The summed E-state index contributed by atoms with van der Waals surface area (Å²) in [6, 6.07) is 4.92. The number of benzene rings is 1. The number of aromatic nitrogens is 2. The largest absolute Gasteiger partial charge is 0.478 e. The van der Waals surface area contributed by atoms with Crippen LogP contribution in [0.15, 0.2) is 35.4 Å². The fraction of sp³-hybridized carbons (Fsp3) is 0.231. The first-order valence-electron chi connectivity index (χ1n) is 5.53. The van der Waals surface area contributed by atoms with E-state index in [1.54, 1.807) is 42.2 Å². The van der Waals surface area contributed by atoms with Gasteiger partial charge in [0, 0.05) is 19.4 Å². The fourth-order valence-corrected chi connectivity index (χ4v) is 1.82. The SMILES string of the molecule is Cc1cc(C(=O)O)ccc1Cn1ccn(C)c1=O. The smallest absolute Gasteiger partial charge is 0.335 e. The maximum atomic E-state index is 11.7. The van der Waals surface area contributed by atoms with Crippen LogP contribution in [0, 0.1) is 6.92 Å². The lowest BCUT2D eigenvalue weighted by atomic mass is 10.1. The quantitative estimate of drug-likeness (QED) is 0.886. The second-order valence-corrected chi connectivity index (χ2v) is 4.27. The summed E-state index contributed by atoms with van der Waals surface area (Å²) >= 11 is 0. The Labute approximate surface area is 104 Å². The number of carboxylic acid groups (broad SMARTS) is 1. The van der Waals surface area contributed by atoms with Gasteiger partial charge in [0.1, 0.15) is 0 Å². The summed E-state index contributed by atoms with van der Waals surface area (Å²) in [4.78, 5) is 22.5. The molecule has 0 aliphatic heterocycles. The third-order valence-electron chi connectivity index (χ3n) is 2.95. The lowest BCUT2D eigenvalue weighted by molar-refractivity contribution is 0.0697. The minimum absolute atomic E-state index is 0.0864. The molecule has 0 aliphatic carbocycles. The summed E-state index contributed by atoms with van der Waals surface area (Å²) in [6.07, 6.45) is 3.41. The van der Waals surface area contributed by atoms with Gasteiger partial charge in [0.2, 0.25) is 0 Å². The normalized spacial score (nSPS) is 10.6. The van der Waals surface area contributed by atoms with Crippen LogP contribution in [0.1, 0.15) is 21.5 Å². The number of hydrogen-bond donors (Lipinski definition) is 1. The Morgan fingerprint density at radius 3 is 2.56 bits per heavy atom. The number of carboxylic acids is 1. The van der Waals surface area contributed by atoms with Crippen LogP contribution in [-0.2, 0) is 13.6 Å². The lowest BCUT2D eigenvalue weighted by Crippen LogP contribution is -2.22. The number of hydrogen-bond acceptors (Lipinski definition) is 2. The van der Waals surface area contributed by atoms with Crippen LogP contribution >= 0.6 is 0 Å². The summed E-state index contributed by atoms with van der Waals surface area (Å²) in [5.74, 6) is -0.943. The molecule has 5 nitrogen and oxygen atoms in total. The maximum Gasteiger partial charge on any atom is 0.335 e. The molecule has 0 radical (unpaired) electrons. The number of aryl methyl sites for hydroxylation is 2. The van der Waals surface area contributed by atoms with Crippen molar-refractivity contribution in [2.75, 3.05) is 0 Å². The summed E-state index contributed by atoms with van der Waals surface area (Å²) in [5.41, 5.74) is 1.98. The molecule has 1 aromatic carbocycles. The molecule has 5 heteroatoms. The monoisotopic (exact) mass is 246 g/mol. The van der Waals surface area contributed by atoms with Crippen LogP contribution < -0.4 is 5.69 Å². The molecule has 0 unspecified atom stereocenters. The molecule has 0 saturated carbocycles. The van der Waals surface area contributed by atoms with E-state index in [2.05, 4.69) is 0 Å². The van der Waals surface area contributed by atoms with Crippen molar-refractivity contribution < 1.29 is 9.90 Å². The second-order valence-electron chi connectivity index (χ2n) is 4.27. The molecule has 0 spiro atoms. The van der Waals surface area contributed by atoms with Gasteiger partial charge in [-0.25, -0.2) is 9.59 Å². The van der Waals surface area contributed by atoms with Gasteiger partial charge in [0.05, 0.1) is 12.1 Å². The highest BCUT2D eigenvalue weighted by Gasteiger charge is 2.07. The lowest BCUT2D eigenvalue weighted by Gasteiger charge is -2.07. The Balaban J connectivity index is 2.33. The van der Waals surface area contributed by atoms with Gasteiger partial charge >= 0.3 is 11.7 Å². The summed E-state index contributed by atoms with van der Waals surface area (Å²) in [6.45, 7) is 2.29. The first-order chi connectivity index (χ1) is 8.49. The first-order valence-corrected chi connectivity index (χ1v) is 5.53. The van der Waals surface area contributed by atoms with Gasteiger partial charge in [0.25, 0.3) is 0 Å². The van der Waals surface area contributed by atoms with Gasteiger partial charge in [-0.1, -0.05) is 6.07 Å². The van der Waals surface area contributed by atoms with Crippen molar-refractivity contribution in [2.45, 2.75) is 13.5 Å². The Kier molecular flexibility index (Phi) is 3.06. The molecule has 1 heterocycles. The van der Waals surface area contributed by atoms with Gasteiger partial charge in [-0.15, -0.1) is 0 Å². The van der Waals surface area contributed by atoms with E-state index < -0.39 is 5.97 Å². The average Bonchev–Trinajstić information content (AvgIpc) is 2.63. The van der Waals surface area contributed by atoms with Crippen molar-refractivity contribution >= 4 is 5.97 Å². The van der Waals surface area contributed by atoms with E-state index in [-0.39, 0.29) is 11.3 Å². The van der Waals surface area contributed by atoms with Crippen molar-refractivity contribution in [1.29, 1.82) is 0 Å². The minimum atomic E-state index is -0.943. The number of imidazole rings is 1. The fourth-order valence-electron chi connectivity index (χ4n) is 1.82. The molecule has 94 valence electrons. The first kappa shape index (κ1) is 12.2. The highest BCUT2D eigenvalue weighted by atomic mass is 16.4. The van der Waals surface area contributed by atoms with Crippen LogP contribution in [0.5, 0.6) is 0 Å². The molecule has 18 heavy (non-hydrogen) atoms. The zero-order valence-electron chi connectivity index (χ0n) is 10.3. The molecule has 2 aromatic rings. The van der Waals surface area contributed by atoms with E-state index in [1.807, 2.05) is 6.92 Å². The molecule has 0 aliphatic rings. The van der Waals surface area contributed by atoms with E-state index >= 15 is 0 Å². The minimum Gasteiger partial charge on any atom is -0.478 e. The van der Waals surface area contributed by atoms with Crippen molar-refractivity contribution in [3.63, 3.8) is 0 Å². The maximum absolute atomic E-state index is 11.7. The van der Waals surface area contributed by atoms with E-state index in [0.29, 0.717) is 6.54 Å². The zero-order chi connectivity index (χ0) is 13.3. The zero-order valence-corrected chi connectivity index (χ0v) is 10.3. The highest BCUT2D eigenvalue weighted by molar-refractivity contribution is 5.87. The third kappa shape index (κ3) is 2.20. The standard InChI is InChI=1S/C13H14N2O3/c1-9-7-10(12(16)17)3-4-11(9)8-15-6-5-14(2)13(15)18/h3-7H,8H2,1-2H3,(H,16,17). The van der Waals surface area contributed by atoms with Crippen LogP contribution in [0.3, 0.4) is 0 Å². The predicted molar refractivity (Wildman–Crippen MR) is 66.9 cm³/mol. The Morgan fingerprint density at radius 1 is 1.33 bits per heavy atom. The molecule has 1 N–H and O–H groups in total. The van der Waals surface area contributed by atoms with Crippen molar-refractivity contribution in [3.8, 4) is 0 Å². The third-order valence-corrected chi connectivity index (χ3v) is 2.95. The molecular weight excluding hydrogens is 232 g/mol. The highest BCUT2D eigenvalue weighted by Crippen LogP contribution is 2.12. The summed E-state index contributed by atoms with van der Waals surface area (Å²) in [7, 11) is 1.69. The van der Waals surface area contributed by atoms with Crippen LogP contribution in [0.2, 0.25) is 0 Å². The number of rotatable bonds is 3. The molecular formula is C13H14N2O3. The molecule has 0 amide bonds. The number of carbonyl (C=O) groups is 1.